The zero-order valence-electron chi connectivity index (χ0n) is 15.2. The van der Waals surface area contributed by atoms with Gasteiger partial charge in [0.25, 0.3) is 5.91 Å². The van der Waals surface area contributed by atoms with E-state index in [1.54, 1.807) is 31.5 Å². The summed E-state index contributed by atoms with van der Waals surface area (Å²) in [5.41, 5.74) is 3.71. The van der Waals surface area contributed by atoms with Crippen molar-refractivity contribution in [2.24, 2.45) is 5.10 Å². The van der Waals surface area contributed by atoms with Crippen LogP contribution in [-0.2, 0) is 0 Å². The van der Waals surface area contributed by atoms with E-state index in [1.165, 1.54) is 7.11 Å². The maximum absolute atomic E-state index is 12.3. The van der Waals surface area contributed by atoms with Crippen molar-refractivity contribution in [3.05, 3.63) is 50.4 Å². The standard InChI is InChI=1S/C19H20Br2N2O4/c1-4-7-27-16-6-5-13(10-17(16)25-2)19(24)23-22-11-12-8-14(20)18(26-3)15(21)9-12/h5-6,8-11H,4,7H2,1-3H3,(H,23,24)/b22-11+. The molecule has 0 radical (unpaired) electrons. The smallest absolute Gasteiger partial charge is 0.271 e. The summed E-state index contributed by atoms with van der Waals surface area (Å²) in [5.74, 6) is 1.45. The normalized spacial score (nSPS) is 10.7. The highest BCUT2D eigenvalue weighted by Crippen LogP contribution is 2.34. The highest BCUT2D eigenvalue weighted by atomic mass is 79.9. The molecule has 0 atom stereocenters. The number of halogens is 2. The molecule has 144 valence electrons. The Hall–Kier alpha value is -2.06. The van der Waals surface area contributed by atoms with Crippen LogP contribution in [0.25, 0.3) is 0 Å². The molecule has 0 heterocycles. The summed E-state index contributed by atoms with van der Waals surface area (Å²) in [6.07, 6.45) is 2.43. The lowest BCUT2D eigenvalue weighted by Crippen LogP contribution is -2.17. The second-order valence-electron chi connectivity index (χ2n) is 5.43. The molecule has 6 nitrogen and oxygen atoms in total. The fourth-order valence-corrected chi connectivity index (χ4v) is 3.76. The van der Waals surface area contributed by atoms with E-state index in [1.807, 2.05) is 19.1 Å². The Labute approximate surface area is 175 Å². The molecule has 2 aromatic carbocycles. The molecule has 0 aromatic heterocycles. The molecule has 0 unspecified atom stereocenters. The number of carbonyl (C=O) groups excluding carboxylic acids is 1. The number of ether oxygens (including phenoxy) is 3. The van der Waals surface area contributed by atoms with Crippen LogP contribution in [0.1, 0.15) is 29.3 Å². The molecule has 1 N–H and O–H groups in total. The third-order valence-electron chi connectivity index (χ3n) is 3.49. The summed E-state index contributed by atoms with van der Waals surface area (Å²) in [4.78, 5) is 12.3. The van der Waals surface area contributed by atoms with Gasteiger partial charge >= 0.3 is 0 Å². The Kier molecular flexibility index (Phi) is 8.12. The van der Waals surface area contributed by atoms with Crippen molar-refractivity contribution in [3.63, 3.8) is 0 Å². The lowest BCUT2D eigenvalue weighted by atomic mass is 10.2. The van der Waals surface area contributed by atoms with E-state index in [0.717, 1.165) is 20.9 Å². The van der Waals surface area contributed by atoms with E-state index >= 15 is 0 Å². The van der Waals surface area contributed by atoms with E-state index in [4.69, 9.17) is 14.2 Å². The molecule has 27 heavy (non-hydrogen) atoms. The number of nitrogens with one attached hydrogen (secondary N) is 1. The average Bonchev–Trinajstić information content (AvgIpc) is 2.66. The summed E-state index contributed by atoms with van der Waals surface area (Å²) in [6, 6.07) is 8.67. The maximum atomic E-state index is 12.3. The Morgan fingerprint density at radius 2 is 1.81 bits per heavy atom. The largest absolute Gasteiger partial charge is 0.494 e. The van der Waals surface area contributed by atoms with Crippen molar-refractivity contribution in [2.75, 3.05) is 20.8 Å². The van der Waals surface area contributed by atoms with E-state index in [-0.39, 0.29) is 5.91 Å². The van der Waals surface area contributed by atoms with Crippen LogP contribution < -0.4 is 19.6 Å². The van der Waals surface area contributed by atoms with Gasteiger partial charge < -0.3 is 14.2 Å². The zero-order chi connectivity index (χ0) is 19.8. The molecular weight excluding hydrogens is 480 g/mol. The molecule has 2 rings (SSSR count). The number of methoxy groups -OCH3 is 2. The van der Waals surface area contributed by atoms with E-state index in [0.29, 0.717) is 29.4 Å². The highest BCUT2D eigenvalue weighted by Gasteiger charge is 2.11. The molecule has 0 aliphatic heterocycles. The van der Waals surface area contributed by atoms with Crippen LogP contribution in [0.5, 0.6) is 17.2 Å². The lowest BCUT2D eigenvalue weighted by molar-refractivity contribution is 0.0954. The first-order valence-corrected chi connectivity index (χ1v) is 9.76. The van der Waals surface area contributed by atoms with Crippen molar-refractivity contribution in [3.8, 4) is 17.2 Å². The van der Waals surface area contributed by atoms with Crippen LogP contribution >= 0.6 is 31.9 Å². The first-order chi connectivity index (χ1) is 13.0. The Bertz CT molecular complexity index is 817. The van der Waals surface area contributed by atoms with Gasteiger partial charge in [0.15, 0.2) is 11.5 Å². The molecule has 0 saturated carbocycles. The Morgan fingerprint density at radius 3 is 2.41 bits per heavy atom. The van der Waals surface area contributed by atoms with Crippen molar-refractivity contribution in [1.82, 2.24) is 5.43 Å². The van der Waals surface area contributed by atoms with Crippen LogP contribution in [0, 0.1) is 0 Å². The highest BCUT2D eigenvalue weighted by molar-refractivity contribution is 9.11. The second kappa shape index (κ2) is 10.3. The van der Waals surface area contributed by atoms with Crippen molar-refractivity contribution < 1.29 is 19.0 Å². The number of hydrogen-bond acceptors (Lipinski definition) is 5. The fraction of sp³-hybridized carbons (Fsp3) is 0.263. The summed E-state index contributed by atoms with van der Waals surface area (Å²) in [5, 5.41) is 4.00. The number of hydrazone groups is 1. The van der Waals surface area contributed by atoms with Crippen molar-refractivity contribution in [2.45, 2.75) is 13.3 Å². The van der Waals surface area contributed by atoms with Crippen molar-refractivity contribution >= 4 is 44.0 Å². The van der Waals surface area contributed by atoms with Crippen LogP contribution in [0.15, 0.2) is 44.4 Å². The Morgan fingerprint density at radius 1 is 1.11 bits per heavy atom. The van der Waals surface area contributed by atoms with E-state index in [9.17, 15) is 4.79 Å². The molecule has 0 aliphatic rings. The topological polar surface area (TPSA) is 69.2 Å². The predicted octanol–water partition coefficient (Wildman–Crippen LogP) is 4.78. The maximum Gasteiger partial charge on any atom is 0.271 e. The first kappa shape index (κ1) is 21.2. The van der Waals surface area contributed by atoms with Gasteiger partial charge in [0.2, 0.25) is 0 Å². The van der Waals surface area contributed by atoms with Gasteiger partial charge in [0.1, 0.15) is 5.75 Å². The third-order valence-corrected chi connectivity index (χ3v) is 4.67. The molecule has 0 bridgehead atoms. The van der Waals surface area contributed by atoms with Crippen LogP contribution in [0.4, 0.5) is 0 Å². The molecule has 0 fully saturated rings. The number of nitrogens with zero attached hydrogens (tertiary/aromatic N) is 1. The first-order valence-electron chi connectivity index (χ1n) is 8.17. The Balaban J connectivity index is 2.08. The van der Waals surface area contributed by atoms with Gasteiger partial charge in [-0.3, -0.25) is 4.79 Å². The van der Waals surface area contributed by atoms with E-state index in [2.05, 4.69) is 42.4 Å². The van der Waals surface area contributed by atoms with Crippen LogP contribution in [-0.4, -0.2) is 32.9 Å². The summed E-state index contributed by atoms with van der Waals surface area (Å²) in [6.45, 7) is 2.60. The molecule has 0 aliphatic carbocycles. The van der Waals surface area contributed by atoms with Gasteiger partial charge in [-0.2, -0.15) is 5.10 Å². The van der Waals surface area contributed by atoms with Crippen molar-refractivity contribution in [1.29, 1.82) is 0 Å². The van der Waals surface area contributed by atoms with Gasteiger partial charge in [-0.1, -0.05) is 6.92 Å². The quantitative estimate of drug-likeness (QED) is 0.419. The number of rotatable bonds is 8. The molecule has 1 amide bonds. The third kappa shape index (κ3) is 5.71. The fourth-order valence-electron chi connectivity index (χ4n) is 2.22. The number of carbonyl (C=O) groups is 1. The van der Waals surface area contributed by atoms with Gasteiger partial charge in [-0.15, -0.1) is 0 Å². The predicted molar refractivity (Wildman–Crippen MR) is 112 cm³/mol. The van der Waals surface area contributed by atoms with Crippen LogP contribution in [0.3, 0.4) is 0 Å². The SMILES string of the molecule is CCCOc1ccc(C(=O)N/N=C/c2cc(Br)c(OC)c(Br)c2)cc1OC. The molecular formula is C19H20Br2N2O4. The molecule has 2 aromatic rings. The molecule has 0 saturated heterocycles. The number of benzene rings is 2. The monoisotopic (exact) mass is 498 g/mol. The molecule has 8 heteroatoms. The summed E-state index contributed by atoms with van der Waals surface area (Å²) < 4.78 is 17.7. The van der Waals surface area contributed by atoms with Gasteiger partial charge in [0.05, 0.1) is 36.0 Å². The van der Waals surface area contributed by atoms with Gasteiger partial charge in [-0.05, 0) is 74.2 Å². The second-order valence-corrected chi connectivity index (χ2v) is 7.14. The number of hydrogen-bond donors (Lipinski definition) is 1. The van der Waals surface area contributed by atoms with E-state index < -0.39 is 0 Å². The minimum atomic E-state index is -0.349. The van der Waals surface area contributed by atoms with Gasteiger partial charge in [-0.25, -0.2) is 5.43 Å². The minimum Gasteiger partial charge on any atom is -0.494 e. The number of amides is 1. The zero-order valence-corrected chi connectivity index (χ0v) is 18.4. The average molecular weight is 500 g/mol. The molecule has 0 spiro atoms. The van der Waals surface area contributed by atoms with Gasteiger partial charge in [0, 0.05) is 5.56 Å². The summed E-state index contributed by atoms with van der Waals surface area (Å²) >= 11 is 6.85. The minimum absolute atomic E-state index is 0.349. The lowest BCUT2D eigenvalue weighted by Gasteiger charge is -2.11. The van der Waals surface area contributed by atoms with Crippen LogP contribution in [0.2, 0.25) is 0 Å². The summed E-state index contributed by atoms with van der Waals surface area (Å²) in [7, 11) is 3.12.